The second-order valence-electron chi connectivity index (χ2n) is 16.7. The number of ketones is 1. The van der Waals surface area contributed by atoms with E-state index >= 15 is 0 Å². The summed E-state index contributed by atoms with van der Waals surface area (Å²) < 4.78 is 26.8. The summed E-state index contributed by atoms with van der Waals surface area (Å²) in [7, 11) is 3.77. The number of aryl methyl sites for hydroxylation is 1. The summed E-state index contributed by atoms with van der Waals surface area (Å²) in [5.41, 5.74) is -0.524. The normalized spacial score (nSPS) is 36.0. The largest absolute Gasteiger partial charge is 0.458 e. The molecule has 0 radical (unpaired) electrons. The van der Waals surface area contributed by atoms with E-state index in [4.69, 9.17) is 18.9 Å². The number of fused-ring (bicyclic) bond motifs is 1. The topological polar surface area (TPSA) is 188 Å². The van der Waals surface area contributed by atoms with Gasteiger partial charge in [0, 0.05) is 49.1 Å². The van der Waals surface area contributed by atoms with Crippen LogP contribution < -0.4 is 5.32 Å². The fourth-order valence-corrected chi connectivity index (χ4v) is 9.54. The molecule has 2 aromatic rings. The Balaban J connectivity index is 1.38. The summed E-state index contributed by atoms with van der Waals surface area (Å²) in [5, 5.41) is 26.2. The Bertz CT molecular complexity index is 1640. The van der Waals surface area contributed by atoms with Gasteiger partial charge in [0.1, 0.15) is 35.1 Å². The molecule has 5 heterocycles. The quantitative estimate of drug-likeness (QED) is 0.136. The summed E-state index contributed by atoms with van der Waals surface area (Å²) in [6.45, 7) is 14.4. The van der Waals surface area contributed by atoms with Gasteiger partial charge in [-0.1, -0.05) is 26.0 Å². The number of ether oxygens (including phenoxy) is 4. The fraction of sp³-hybridized carbons (Fsp3) is 0.775. The van der Waals surface area contributed by atoms with Gasteiger partial charge in [-0.3, -0.25) is 19.2 Å². The number of amides is 1. The molecule has 318 valence electrons. The number of unbranched alkanes of at least 4 members (excludes halogenated alkanes) is 1. The van der Waals surface area contributed by atoms with Gasteiger partial charge < -0.3 is 39.1 Å². The molecule has 2 N–H and O–H groups in total. The maximum absolute atomic E-state index is 14.3. The lowest BCUT2D eigenvalue weighted by Crippen LogP contribution is -2.60. The number of nitrogens with one attached hydrogen (secondary N) is 1. The molecule has 0 aliphatic carbocycles. The van der Waals surface area contributed by atoms with E-state index in [2.05, 4.69) is 27.5 Å². The van der Waals surface area contributed by atoms with Crippen LogP contribution in [0.15, 0.2) is 17.8 Å². The zero-order valence-electron chi connectivity index (χ0n) is 34.9. The molecular weight excluding hydrogens is 755 g/mol. The van der Waals surface area contributed by atoms with Crippen LogP contribution in [0.25, 0.3) is 10.7 Å². The molecule has 2 unspecified atom stereocenters. The average Bonchev–Trinajstić information content (AvgIpc) is 3.93. The van der Waals surface area contributed by atoms with Gasteiger partial charge in [-0.2, -0.15) is 0 Å². The number of hydrogen-bond donors (Lipinski definition) is 2. The lowest BCUT2D eigenvalue weighted by Gasteiger charge is -2.44. The monoisotopic (exact) mass is 817 g/mol. The Morgan fingerprint density at radius 3 is 2.53 bits per heavy atom. The van der Waals surface area contributed by atoms with Gasteiger partial charge in [0.2, 0.25) is 0 Å². The van der Waals surface area contributed by atoms with Crippen LogP contribution in [0.5, 0.6) is 0 Å². The molecule has 3 aliphatic rings. The molecule has 2 aromatic heterocycles. The van der Waals surface area contributed by atoms with Crippen LogP contribution in [0.1, 0.15) is 87.0 Å². The molecule has 1 amide bonds. The average molecular weight is 818 g/mol. The molecule has 0 saturated carbocycles. The maximum atomic E-state index is 14.3. The van der Waals surface area contributed by atoms with E-state index in [1.807, 2.05) is 58.3 Å². The number of aldehydes is 1. The predicted octanol–water partition coefficient (Wildman–Crippen LogP) is 3.96. The van der Waals surface area contributed by atoms with Crippen molar-refractivity contribution in [3.8, 4) is 10.7 Å². The number of hydrogen-bond acceptors (Lipinski definition) is 15. The van der Waals surface area contributed by atoms with Crippen molar-refractivity contribution in [3.05, 3.63) is 17.8 Å². The number of carbonyl (C=O) groups excluding carboxylic acids is 4. The van der Waals surface area contributed by atoms with Crippen molar-refractivity contribution in [2.45, 2.75) is 148 Å². The number of likely N-dealkylation sites (N-methyl/N-ethyl adjacent to an activating group) is 1. The van der Waals surface area contributed by atoms with E-state index in [0.29, 0.717) is 51.0 Å². The number of thiazole rings is 1. The minimum atomic E-state index is -1.24. The lowest BCUT2D eigenvalue weighted by molar-refractivity contribution is -0.278. The van der Waals surface area contributed by atoms with Gasteiger partial charge in [-0.25, -0.2) is 9.78 Å². The van der Waals surface area contributed by atoms with Gasteiger partial charge in [-0.05, 0) is 92.3 Å². The summed E-state index contributed by atoms with van der Waals surface area (Å²) in [4.78, 5) is 62.1. The first-order chi connectivity index (χ1) is 27.1. The maximum Gasteiger partial charge on any atom is 0.410 e. The van der Waals surface area contributed by atoms with Crippen LogP contribution in [-0.4, -0.2) is 141 Å². The third-order valence-corrected chi connectivity index (χ3v) is 12.9. The molecule has 57 heavy (non-hydrogen) atoms. The number of esters is 1. The number of rotatable bonds is 12. The van der Waals surface area contributed by atoms with E-state index in [1.165, 1.54) is 18.3 Å². The number of aliphatic hydroxyl groups excluding tert-OH is 1. The zero-order chi connectivity index (χ0) is 41.6. The van der Waals surface area contributed by atoms with Crippen LogP contribution in [-0.2, 0) is 39.9 Å². The second-order valence-corrected chi connectivity index (χ2v) is 17.6. The minimum Gasteiger partial charge on any atom is -0.458 e. The molecule has 0 bridgehead atoms. The molecule has 17 heteroatoms. The van der Waals surface area contributed by atoms with Crippen molar-refractivity contribution >= 4 is 35.5 Å². The van der Waals surface area contributed by atoms with E-state index in [1.54, 1.807) is 22.7 Å². The lowest BCUT2D eigenvalue weighted by atomic mass is 9.79. The van der Waals surface area contributed by atoms with Crippen LogP contribution in [0.3, 0.4) is 0 Å². The van der Waals surface area contributed by atoms with E-state index < -0.39 is 71.8 Å². The van der Waals surface area contributed by atoms with Crippen molar-refractivity contribution in [1.82, 2.24) is 35.1 Å². The Kier molecular flexibility index (Phi) is 15.4. The third-order valence-electron chi connectivity index (χ3n) is 12.1. The molecule has 5 rings (SSSR count). The Labute approximate surface area is 340 Å². The van der Waals surface area contributed by atoms with Crippen molar-refractivity contribution in [1.29, 1.82) is 0 Å². The van der Waals surface area contributed by atoms with Gasteiger partial charge >= 0.3 is 12.1 Å². The van der Waals surface area contributed by atoms with Gasteiger partial charge in [-0.15, -0.1) is 16.4 Å². The highest BCUT2D eigenvalue weighted by Crippen LogP contribution is 2.39. The zero-order valence-corrected chi connectivity index (χ0v) is 35.7. The second kappa shape index (κ2) is 19.6. The van der Waals surface area contributed by atoms with Crippen LogP contribution in [0, 0.1) is 23.7 Å². The third kappa shape index (κ3) is 10.3. The van der Waals surface area contributed by atoms with Crippen LogP contribution in [0.4, 0.5) is 4.79 Å². The van der Waals surface area contributed by atoms with E-state index in [0.717, 1.165) is 17.7 Å². The van der Waals surface area contributed by atoms with E-state index in [-0.39, 0.29) is 30.5 Å². The Morgan fingerprint density at radius 1 is 1.12 bits per heavy atom. The number of carbonyl (C=O) groups is 4. The number of aliphatic hydroxyl groups is 1. The highest BCUT2D eigenvalue weighted by atomic mass is 32.1. The number of nitrogens with zero attached hydrogens (tertiary/aromatic N) is 6. The molecule has 0 aromatic carbocycles. The predicted molar refractivity (Wildman–Crippen MR) is 212 cm³/mol. The van der Waals surface area contributed by atoms with Gasteiger partial charge in [0.25, 0.3) is 0 Å². The van der Waals surface area contributed by atoms with Crippen molar-refractivity contribution < 1.29 is 43.2 Å². The summed E-state index contributed by atoms with van der Waals surface area (Å²) in [5.74, 6) is -3.63. The first-order valence-electron chi connectivity index (χ1n) is 20.5. The van der Waals surface area contributed by atoms with E-state index in [9.17, 15) is 24.3 Å². The summed E-state index contributed by atoms with van der Waals surface area (Å²) >= 11 is 1.50. The number of aromatic nitrogens is 4. The van der Waals surface area contributed by atoms with Crippen LogP contribution in [0.2, 0.25) is 0 Å². The molecular formula is C40H63N7O9S. The van der Waals surface area contributed by atoms with Crippen LogP contribution >= 0.6 is 11.3 Å². The molecule has 16 nitrogen and oxygen atoms in total. The molecule has 0 spiro atoms. The highest BCUT2D eigenvalue weighted by molar-refractivity contribution is 7.13. The molecule has 13 atom stereocenters. The summed E-state index contributed by atoms with van der Waals surface area (Å²) in [6, 6.07) is -1.07. The van der Waals surface area contributed by atoms with Gasteiger partial charge in [0.15, 0.2) is 17.7 Å². The van der Waals surface area contributed by atoms with Crippen molar-refractivity contribution in [2.24, 2.45) is 23.7 Å². The Hall–Kier alpha value is -3.35. The standard InChI is InChI=1S/C40H63N7O9S/c1-10-31-40(7)35(47(39(52)56-40)16-12-11-15-46-22-29(43-44-46)36-41-14-18-57-36)27(6)42-21-23(2)19-28(13-17-48)34(25(4)32(49)26(5)37(51)54-31)55-38-33(50)30(45(8)9)20-24(3)53-38/h14,17-18,22-28,30-31,33-35,38,42,50H,10-13,15-16,19-21H2,1-9H3/t23-,24-,25+,26-,27-,28+,30?,31-,33?,34-,35-,38+,40-/m1/s1. The molecule has 3 aliphatic heterocycles. The number of Topliss-reactive ketones (excluding diaryl/α,β-unsaturated/α-hetero) is 1. The first-order valence-corrected chi connectivity index (χ1v) is 21.3. The number of cyclic esters (lactones) is 1. The Morgan fingerprint density at radius 2 is 1.86 bits per heavy atom. The van der Waals surface area contributed by atoms with Gasteiger partial charge in [0.05, 0.1) is 24.4 Å². The smallest absolute Gasteiger partial charge is 0.410 e. The molecule has 3 saturated heterocycles. The highest BCUT2D eigenvalue weighted by Gasteiger charge is 2.58. The van der Waals surface area contributed by atoms with Crippen molar-refractivity contribution in [2.75, 3.05) is 27.2 Å². The van der Waals surface area contributed by atoms with Crippen molar-refractivity contribution in [3.63, 3.8) is 0 Å². The summed E-state index contributed by atoms with van der Waals surface area (Å²) in [6.07, 6.45) is 2.86. The SMILES string of the molecule is CC[C@H]1OC(=O)[C@H](C)C(=O)[C@H](C)[C@@H](O[C@@H]2O[C@H](C)CC(N(C)C)C2O)[C@@H](CC=O)C[C@@H](C)CN[C@H](C)[C@H]2N(CCCCn3cc(-c4nccs4)nn3)C(=O)O[C@]12C. The minimum absolute atomic E-state index is 0.00599. The molecule has 3 fully saturated rings. The fourth-order valence-electron chi connectivity index (χ4n) is 8.95. The first kappa shape index (κ1) is 44.7.